The van der Waals surface area contributed by atoms with Gasteiger partial charge in [-0.05, 0) is 67.0 Å². The topological polar surface area (TPSA) is 25.8 Å². The Balaban J connectivity index is 1.93. The summed E-state index contributed by atoms with van der Waals surface area (Å²) in [5, 5.41) is 0. The average molecular weight is 441 g/mol. The molecule has 4 rings (SSSR count). The molecule has 0 saturated heterocycles. The van der Waals surface area contributed by atoms with Crippen LogP contribution in [0.15, 0.2) is 24.3 Å². The number of aromatic nitrogens is 2. The molecule has 0 aliphatic rings. The van der Waals surface area contributed by atoms with Crippen molar-refractivity contribution in [3.8, 4) is 20.9 Å². The molecule has 0 radical (unpaired) electrons. The fourth-order valence-electron chi connectivity index (χ4n) is 3.66. The van der Waals surface area contributed by atoms with Crippen LogP contribution in [0.2, 0.25) is 0 Å². The summed E-state index contributed by atoms with van der Waals surface area (Å²) in [4.78, 5) is 5.47. The van der Waals surface area contributed by atoms with Gasteiger partial charge in [-0.2, -0.15) is 8.75 Å². The zero-order valence-corrected chi connectivity index (χ0v) is 20.7. The lowest BCUT2D eigenvalue weighted by molar-refractivity contribution is 0.517. The molecular weight excluding hydrogens is 412 g/mol. The van der Waals surface area contributed by atoms with Gasteiger partial charge in [0.1, 0.15) is 11.0 Å². The van der Waals surface area contributed by atoms with Gasteiger partial charge in [0.15, 0.2) is 0 Å². The van der Waals surface area contributed by atoms with E-state index in [2.05, 4.69) is 72.7 Å². The Morgan fingerprint density at radius 3 is 1.93 bits per heavy atom. The van der Waals surface area contributed by atoms with E-state index in [1.165, 1.54) is 53.5 Å². The summed E-state index contributed by atoms with van der Waals surface area (Å²) in [5.74, 6) is 0.546. The molecule has 2 nitrogen and oxygen atoms in total. The molecule has 29 heavy (non-hydrogen) atoms. The first-order valence-corrected chi connectivity index (χ1v) is 12.6. The summed E-state index contributed by atoms with van der Waals surface area (Å²) in [6.45, 7) is 15.9. The SMILES string of the molecule is CCC(C)(C)c1ccc(-c2c(C)c(C)c(-c3ccc(C(C)C)s3)c3nsnc23)s1. The van der Waals surface area contributed by atoms with Gasteiger partial charge >= 0.3 is 0 Å². The van der Waals surface area contributed by atoms with Crippen LogP contribution in [0.1, 0.15) is 67.8 Å². The quantitative estimate of drug-likeness (QED) is 0.310. The van der Waals surface area contributed by atoms with Gasteiger partial charge < -0.3 is 0 Å². The van der Waals surface area contributed by atoms with E-state index in [0.29, 0.717) is 5.92 Å². The summed E-state index contributed by atoms with van der Waals surface area (Å²) in [5.41, 5.74) is 7.47. The van der Waals surface area contributed by atoms with Gasteiger partial charge in [-0.15, -0.1) is 22.7 Å². The summed E-state index contributed by atoms with van der Waals surface area (Å²) in [6, 6.07) is 9.09. The number of rotatable bonds is 5. The molecule has 0 N–H and O–H groups in total. The van der Waals surface area contributed by atoms with Crippen LogP contribution in [0.5, 0.6) is 0 Å². The van der Waals surface area contributed by atoms with Crippen molar-refractivity contribution in [3.63, 3.8) is 0 Å². The lowest BCUT2D eigenvalue weighted by Gasteiger charge is -2.20. The first-order chi connectivity index (χ1) is 13.7. The maximum atomic E-state index is 4.76. The fraction of sp³-hybridized carbons (Fsp3) is 0.417. The van der Waals surface area contributed by atoms with E-state index in [0.717, 1.165) is 17.5 Å². The minimum atomic E-state index is 0.204. The monoisotopic (exact) mass is 440 g/mol. The molecule has 0 unspecified atom stereocenters. The van der Waals surface area contributed by atoms with Crippen LogP contribution in [-0.4, -0.2) is 8.75 Å². The number of nitrogens with zero attached hydrogens (tertiary/aromatic N) is 2. The highest BCUT2D eigenvalue weighted by molar-refractivity contribution is 7.16. The second-order valence-corrected chi connectivity index (χ2v) is 11.4. The number of hydrogen-bond donors (Lipinski definition) is 0. The number of fused-ring (bicyclic) bond motifs is 1. The predicted octanol–water partition coefficient (Wildman–Crippen LogP) is 8.58. The third kappa shape index (κ3) is 3.47. The molecule has 0 saturated carbocycles. The first-order valence-electron chi connectivity index (χ1n) is 10.2. The molecule has 1 aromatic carbocycles. The molecule has 4 aromatic rings. The van der Waals surface area contributed by atoms with Crippen LogP contribution in [0, 0.1) is 13.8 Å². The van der Waals surface area contributed by atoms with Crippen LogP contribution >= 0.6 is 34.4 Å². The maximum absolute atomic E-state index is 4.76. The fourth-order valence-corrected chi connectivity index (χ4v) is 6.61. The molecule has 152 valence electrons. The van der Waals surface area contributed by atoms with Gasteiger partial charge in [0.05, 0.1) is 11.7 Å². The molecule has 0 fully saturated rings. The highest BCUT2D eigenvalue weighted by Crippen LogP contribution is 2.46. The Morgan fingerprint density at radius 2 is 1.41 bits per heavy atom. The van der Waals surface area contributed by atoms with Crippen molar-refractivity contribution < 1.29 is 0 Å². The smallest absolute Gasteiger partial charge is 0.114 e. The highest BCUT2D eigenvalue weighted by atomic mass is 32.1. The van der Waals surface area contributed by atoms with Crippen LogP contribution in [0.4, 0.5) is 0 Å². The zero-order chi connectivity index (χ0) is 20.9. The van der Waals surface area contributed by atoms with Crippen molar-refractivity contribution in [1.29, 1.82) is 0 Å². The van der Waals surface area contributed by atoms with Crippen molar-refractivity contribution in [3.05, 3.63) is 45.1 Å². The third-order valence-corrected chi connectivity index (χ3v) is 9.52. The molecule has 5 heteroatoms. The summed E-state index contributed by atoms with van der Waals surface area (Å²) >= 11 is 5.12. The van der Waals surface area contributed by atoms with E-state index in [9.17, 15) is 0 Å². The highest BCUT2D eigenvalue weighted by Gasteiger charge is 2.25. The Labute approximate surface area is 186 Å². The molecule has 0 spiro atoms. The molecule has 0 atom stereocenters. The lowest BCUT2D eigenvalue weighted by Crippen LogP contribution is -2.12. The second kappa shape index (κ2) is 7.60. The van der Waals surface area contributed by atoms with Gasteiger partial charge in [0.2, 0.25) is 0 Å². The molecule has 0 aliphatic carbocycles. The normalized spacial score (nSPS) is 12.4. The summed E-state index contributed by atoms with van der Waals surface area (Å²) in [6.07, 6.45) is 1.13. The predicted molar refractivity (Wildman–Crippen MR) is 131 cm³/mol. The average Bonchev–Trinajstić information content (AvgIpc) is 3.43. The number of thiophene rings is 2. The van der Waals surface area contributed by atoms with E-state index in [4.69, 9.17) is 8.75 Å². The summed E-state index contributed by atoms with van der Waals surface area (Å²) < 4.78 is 9.51. The van der Waals surface area contributed by atoms with Gasteiger partial charge in [-0.1, -0.05) is 34.6 Å². The minimum Gasteiger partial charge on any atom is -0.172 e. The largest absolute Gasteiger partial charge is 0.172 e. The van der Waals surface area contributed by atoms with Gasteiger partial charge in [0, 0.05) is 30.6 Å². The van der Waals surface area contributed by atoms with E-state index >= 15 is 0 Å². The molecule has 0 amide bonds. The molecule has 0 aliphatic heterocycles. The Hall–Kier alpha value is -1.56. The minimum absolute atomic E-state index is 0.204. The van der Waals surface area contributed by atoms with Crippen molar-refractivity contribution >= 4 is 45.4 Å². The van der Waals surface area contributed by atoms with Crippen molar-refractivity contribution in [2.24, 2.45) is 0 Å². The van der Waals surface area contributed by atoms with E-state index in [-0.39, 0.29) is 5.41 Å². The first kappa shape index (κ1) is 20.7. The standard InChI is InChI=1S/C24H28N2S3/c1-8-24(6,7)19-12-11-18(28-19)21-15(5)14(4)20(22-23(21)26-29-25-22)17-10-9-16(27-17)13(2)3/h9-13H,8H2,1-7H3. The van der Waals surface area contributed by atoms with E-state index in [1.807, 2.05) is 22.7 Å². The van der Waals surface area contributed by atoms with Crippen LogP contribution in [-0.2, 0) is 5.41 Å². The van der Waals surface area contributed by atoms with Crippen molar-refractivity contribution in [2.45, 2.75) is 66.2 Å². The van der Waals surface area contributed by atoms with E-state index < -0.39 is 0 Å². The van der Waals surface area contributed by atoms with Crippen LogP contribution in [0.3, 0.4) is 0 Å². The van der Waals surface area contributed by atoms with E-state index in [1.54, 1.807) is 0 Å². The Bertz CT molecular complexity index is 1170. The molecular formula is C24H28N2S3. The second-order valence-electron chi connectivity index (χ2n) is 8.72. The van der Waals surface area contributed by atoms with Crippen LogP contribution in [0.25, 0.3) is 31.9 Å². The molecule has 3 heterocycles. The lowest BCUT2D eigenvalue weighted by atomic mass is 9.88. The number of benzene rings is 1. The molecule has 3 aromatic heterocycles. The van der Waals surface area contributed by atoms with Gasteiger partial charge in [-0.25, -0.2) is 0 Å². The zero-order valence-electron chi connectivity index (χ0n) is 18.2. The van der Waals surface area contributed by atoms with Crippen molar-refractivity contribution in [1.82, 2.24) is 8.75 Å². The Morgan fingerprint density at radius 1 is 0.862 bits per heavy atom. The third-order valence-electron chi connectivity index (χ3n) is 6.12. The maximum Gasteiger partial charge on any atom is 0.114 e. The van der Waals surface area contributed by atoms with Crippen molar-refractivity contribution in [2.75, 3.05) is 0 Å². The van der Waals surface area contributed by atoms with Crippen LogP contribution < -0.4 is 0 Å². The Kier molecular flexibility index (Phi) is 5.43. The molecule has 0 bridgehead atoms. The van der Waals surface area contributed by atoms with Gasteiger partial charge in [-0.3, -0.25) is 0 Å². The number of hydrogen-bond acceptors (Lipinski definition) is 5. The summed E-state index contributed by atoms with van der Waals surface area (Å²) in [7, 11) is 0. The van der Waals surface area contributed by atoms with Gasteiger partial charge in [0.25, 0.3) is 0 Å².